The minimum atomic E-state index is 0.636. The van der Waals surface area contributed by atoms with Crippen LogP contribution in [0.25, 0.3) is 0 Å². The van der Waals surface area contributed by atoms with E-state index in [2.05, 4.69) is 27.1 Å². The van der Waals surface area contributed by atoms with Crippen LogP contribution in [0.3, 0.4) is 0 Å². The van der Waals surface area contributed by atoms with Crippen LogP contribution in [0.5, 0.6) is 5.88 Å². The zero-order valence-corrected chi connectivity index (χ0v) is 11.2. The molecule has 0 fully saturated rings. The minimum Gasteiger partial charge on any atom is -0.476 e. The topological polar surface area (TPSA) is 50.3 Å². The molecule has 1 rings (SSSR count). The van der Waals surface area contributed by atoms with Crippen LogP contribution < -0.4 is 10.1 Å². The molecule has 0 saturated heterocycles. The number of nitrogens with zero attached hydrogens (tertiary/aromatic N) is 3. The molecule has 0 amide bonds. The molecule has 0 unspecified atom stereocenters. The molecule has 1 aromatic rings. The van der Waals surface area contributed by atoms with Crippen LogP contribution in [0.15, 0.2) is 6.20 Å². The van der Waals surface area contributed by atoms with Gasteiger partial charge in [0.25, 0.3) is 0 Å². The van der Waals surface area contributed by atoms with E-state index in [0.717, 1.165) is 25.1 Å². The Labute approximate surface area is 103 Å². The molecular weight excluding hydrogens is 216 g/mol. The van der Waals surface area contributed by atoms with Gasteiger partial charge >= 0.3 is 0 Å². The molecule has 1 N–H and O–H groups in total. The van der Waals surface area contributed by atoms with E-state index in [0.29, 0.717) is 18.4 Å². The predicted octanol–water partition coefficient (Wildman–Crippen LogP) is 1.55. The first kappa shape index (κ1) is 13.7. The number of nitrogens with one attached hydrogen (secondary N) is 1. The average molecular weight is 238 g/mol. The molecule has 0 aliphatic rings. The summed E-state index contributed by atoms with van der Waals surface area (Å²) in [4.78, 5) is 10.6. The number of anilines is 1. The highest BCUT2D eigenvalue weighted by molar-refractivity contribution is 5.32. The Hall–Kier alpha value is -1.36. The van der Waals surface area contributed by atoms with Gasteiger partial charge in [0, 0.05) is 24.8 Å². The van der Waals surface area contributed by atoms with Crippen molar-refractivity contribution in [2.45, 2.75) is 20.3 Å². The van der Waals surface area contributed by atoms with Crippen LogP contribution in [0.2, 0.25) is 0 Å². The van der Waals surface area contributed by atoms with Gasteiger partial charge in [0.2, 0.25) is 11.8 Å². The Kier molecular flexibility index (Phi) is 5.69. The summed E-state index contributed by atoms with van der Waals surface area (Å²) in [7, 11) is 4.04. The van der Waals surface area contributed by atoms with E-state index in [9.17, 15) is 0 Å². The molecular formula is C12H22N4O. The van der Waals surface area contributed by atoms with Crippen molar-refractivity contribution in [1.29, 1.82) is 0 Å². The van der Waals surface area contributed by atoms with Gasteiger partial charge in [0.15, 0.2) is 0 Å². The van der Waals surface area contributed by atoms with Gasteiger partial charge < -0.3 is 15.0 Å². The lowest BCUT2D eigenvalue weighted by atomic mass is 10.4. The second kappa shape index (κ2) is 7.06. The van der Waals surface area contributed by atoms with E-state index in [1.165, 1.54) is 0 Å². The van der Waals surface area contributed by atoms with E-state index in [4.69, 9.17) is 4.74 Å². The van der Waals surface area contributed by atoms with E-state index < -0.39 is 0 Å². The molecule has 0 aromatic carbocycles. The highest BCUT2D eigenvalue weighted by Crippen LogP contribution is 2.14. The summed E-state index contributed by atoms with van der Waals surface area (Å²) in [5.41, 5.74) is 0.964. The molecule has 0 bridgehead atoms. The maximum absolute atomic E-state index is 5.64. The number of aryl methyl sites for hydroxylation is 1. The number of hydrogen-bond donors (Lipinski definition) is 1. The lowest BCUT2D eigenvalue weighted by Gasteiger charge is -2.12. The largest absolute Gasteiger partial charge is 0.476 e. The molecule has 0 aliphatic carbocycles. The molecule has 1 heterocycles. The van der Waals surface area contributed by atoms with Crippen molar-refractivity contribution in [3.05, 3.63) is 11.8 Å². The molecule has 0 spiro atoms. The summed E-state index contributed by atoms with van der Waals surface area (Å²) in [6.07, 6.45) is 2.84. The second-order valence-corrected chi connectivity index (χ2v) is 4.26. The molecule has 5 nitrogen and oxygen atoms in total. The fourth-order valence-corrected chi connectivity index (χ4v) is 1.22. The van der Waals surface area contributed by atoms with Gasteiger partial charge in [-0.25, -0.2) is 4.98 Å². The predicted molar refractivity (Wildman–Crippen MR) is 69.6 cm³/mol. The maximum atomic E-state index is 5.64. The molecule has 0 saturated carbocycles. The average Bonchev–Trinajstić information content (AvgIpc) is 2.29. The van der Waals surface area contributed by atoms with Gasteiger partial charge in [-0.15, -0.1) is 0 Å². The molecule has 0 radical (unpaired) electrons. The number of aromatic nitrogens is 2. The number of likely N-dealkylation sites (N-methyl/N-ethyl adjacent to an activating group) is 1. The monoisotopic (exact) mass is 238 g/mol. The normalized spacial score (nSPS) is 10.6. The first-order valence-corrected chi connectivity index (χ1v) is 5.98. The Morgan fingerprint density at radius 2 is 2.18 bits per heavy atom. The third-order valence-corrected chi connectivity index (χ3v) is 2.24. The molecule has 17 heavy (non-hydrogen) atoms. The maximum Gasteiger partial charge on any atom is 0.225 e. The van der Waals surface area contributed by atoms with Gasteiger partial charge in [-0.3, -0.25) is 0 Å². The van der Waals surface area contributed by atoms with Gasteiger partial charge in [0.1, 0.15) is 6.61 Å². The molecule has 5 heteroatoms. The second-order valence-electron chi connectivity index (χ2n) is 4.26. The summed E-state index contributed by atoms with van der Waals surface area (Å²) in [5, 5.41) is 3.15. The number of hydrogen-bond acceptors (Lipinski definition) is 5. The standard InChI is InChI=1S/C12H22N4O/c1-5-6-13-12-14-9-10(2)11(15-12)17-8-7-16(3)4/h9H,5-8H2,1-4H3,(H,13,14,15). The van der Waals surface area contributed by atoms with Crippen LogP contribution in [-0.2, 0) is 0 Å². The summed E-state index contributed by atoms with van der Waals surface area (Å²) in [6, 6.07) is 0. The van der Waals surface area contributed by atoms with E-state index in [-0.39, 0.29) is 0 Å². The van der Waals surface area contributed by atoms with Crippen LogP contribution in [-0.4, -0.2) is 48.7 Å². The van der Waals surface area contributed by atoms with E-state index >= 15 is 0 Å². The summed E-state index contributed by atoms with van der Waals surface area (Å²) >= 11 is 0. The van der Waals surface area contributed by atoms with Crippen LogP contribution >= 0.6 is 0 Å². The smallest absolute Gasteiger partial charge is 0.225 e. The lowest BCUT2D eigenvalue weighted by Crippen LogP contribution is -2.20. The van der Waals surface area contributed by atoms with Crippen molar-refractivity contribution < 1.29 is 4.74 Å². The van der Waals surface area contributed by atoms with E-state index in [1.807, 2.05) is 21.0 Å². The van der Waals surface area contributed by atoms with Crippen molar-refractivity contribution in [3.63, 3.8) is 0 Å². The van der Waals surface area contributed by atoms with Crippen LogP contribution in [0, 0.1) is 6.92 Å². The van der Waals surface area contributed by atoms with Crippen LogP contribution in [0.4, 0.5) is 5.95 Å². The Morgan fingerprint density at radius 3 is 2.82 bits per heavy atom. The zero-order valence-electron chi connectivity index (χ0n) is 11.2. The van der Waals surface area contributed by atoms with Crippen molar-refractivity contribution in [3.8, 4) is 5.88 Å². The van der Waals surface area contributed by atoms with Gasteiger partial charge in [0.05, 0.1) is 0 Å². The molecule has 1 aromatic heterocycles. The Bertz CT molecular complexity index is 341. The SMILES string of the molecule is CCCNc1ncc(C)c(OCCN(C)C)n1. The molecule has 0 aliphatic heterocycles. The van der Waals surface area contributed by atoms with Gasteiger partial charge in [-0.2, -0.15) is 4.98 Å². The first-order chi connectivity index (χ1) is 8.13. The van der Waals surface area contributed by atoms with Crippen molar-refractivity contribution in [2.24, 2.45) is 0 Å². The van der Waals surface area contributed by atoms with Crippen molar-refractivity contribution in [2.75, 3.05) is 39.1 Å². The van der Waals surface area contributed by atoms with Gasteiger partial charge in [-0.1, -0.05) is 6.92 Å². The summed E-state index contributed by atoms with van der Waals surface area (Å²) < 4.78 is 5.64. The fraction of sp³-hybridized carbons (Fsp3) is 0.667. The fourth-order valence-electron chi connectivity index (χ4n) is 1.22. The van der Waals surface area contributed by atoms with Crippen molar-refractivity contribution >= 4 is 5.95 Å². The zero-order chi connectivity index (χ0) is 12.7. The first-order valence-electron chi connectivity index (χ1n) is 5.98. The van der Waals surface area contributed by atoms with Crippen molar-refractivity contribution in [1.82, 2.24) is 14.9 Å². The number of ether oxygens (including phenoxy) is 1. The van der Waals surface area contributed by atoms with E-state index in [1.54, 1.807) is 6.20 Å². The number of rotatable bonds is 7. The van der Waals surface area contributed by atoms with Gasteiger partial charge in [-0.05, 0) is 27.4 Å². The highest BCUT2D eigenvalue weighted by atomic mass is 16.5. The highest BCUT2D eigenvalue weighted by Gasteiger charge is 2.04. The quantitative estimate of drug-likeness (QED) is 0.781. The Morgan fingerprint density at radius 1 is 1.41 bits per heavy atom. The lowest BCUT2D eigenvalue weighted by molar-refractivity contribution is 0.252. The summed E-state index contributed by atoms with van der Waals surface area (Å²) in [5.74, 6) is 1.30. The minimum absolute atomic E-state index is 0.636. The summed E-state index contributed by atoms with van der Waals surface area (Å²) in [6.45, 7) is 6.45. The Balaban J connectivity index is 2.56. The van der Waals surface area contributed by atoms with Crippen LogP contribution in [0.1, 0.15) is 18.9 Å². The molecule has 96 valence electrons. The molecule has 0 atom stereocenters. The third kappa shape index (κ3) is 4.99. The third-order valence-electron chi connectivity index (χ3n) is 2.24.